The quantitative estimate of drug-likeness (QED) is 0.645. The average molecular weight is 303 g/mol. The summed E-state index contributed by atoms with van der Waals surface area (Å²) in [6, 6.07) is 3.18. The molecule has 1 saturated heterocycles. The number of amides is 1. The molecule has 1 heterocycles. The summed E-state index contributed by atoms with van der Waals surface area (Å²) in [5, 5.41) is 23.1. The molecule has 1 aromatic rings. The van der Waals surface area contributed by atoms with Crippen LogP contribution < -0.4 is 5.32 Å². The zero-order valence-electron chi connectivity index (χ0n) is 11.0. The molecule has 1 aliphatic rings. The molecule has 0 saturated carbocycles. The molecular weight excluding hydrogens is 288 g/mol. The summed E-state index contributed by atoms with van der Waals surface area (Å²) in [6.45, 7) is 3.80. The molecule has 7 nitrogen and oxygen atoms in total. The van der Waals surface area contributed by atoms with E-state index in [4.69, 9.17) is 4.74 Å². The van der Waals surface area contributed by atoms with E-state index < -0.39 is 22.5 Å². The number of phenolic OH excluding ortho intramolecular Hbond substituents is 1. The molecule has 20 heavy (non-hydrogen) atoms. The number of aromatic hydroxyl groups is 1. The SMILES string of the molecule is CC1(C)COC(=O)N[C@H]1c1cc(O)ccc1[N+](=O)[O-].Cl. The van der Waals surface area contributed by atoms with Gasteiger partial charge in [-0.2, -0.15) is 0 Å². The molecule has 8 heteroatoms. The summed E-state index contributed by atoms with van der Waals surface area (Å²) in [4.78, 5) is 21.8. The van der Waals surface area contributed by atoms with Crippen LogP contribution in [0.25, 0.3) is 0 Å². The highest BCUT2D eigenvalue weighted by Crippen LogP contribution is 2.41. The van der Waals surface area contributed by atoms with E-state index in [2.05, 4.69) is 5.32 Å². The maximum absolute atomic E-state index is 11.3. The number of carbonyl (C=O) groups is 1. The van der Waals surface area contributed by atoms with E-state index in [1.54, 1.807) is 0 Å². The van der Waals surface area contributed by atoms with E-state index in [9.17, 15) is 20.0 Å². The highest BCUT2D eigenvalue weighted by atomic mass is 35.5. The molecule has 2 N–H and O–H groups in total. The molecule has 0 spiro atoms. The summed E-state index contributed by atoms with van der Waals surface area (Å²) in [7, 11) is 0. The molecule has 0 bridgehead atoms. The second-order valence-electron chi connectivity index (χ2n) is 5.14. The zero-order valence-corrected chi connectivity index (χ0v) is 11.8. The van der Waals surface area contributed by atoms with Gasteiger partial charge in [0.1, 0.15) is 12.4 Å². The molecule has 0 unspecified atom stereocenters. The van der Waals surface area contributed by atoms with Crippen molar-refractivity contribution in [2.75, 3.05) is 6.61 Å². The fourth-order valence-electron chi connectivity index (χ4n) is 2.13. The van der Waals surface area contributed by atoms with E-state index in [0.29, 0.717) is 0 Å². The van der Waals surface area contributed by atoms with Crippen LogP contribution >= 0.6 is 12.4 Å². The molecule has 0 aromatic heterocycles. The van der Waals surface area contributed by atoms with Crippen LogP contribution in [0.15, 0.2) is 18.2 Å². The van der Waals surface area contributed by atoms with Gasteiger partial charge in [0.25, 0.3) is 5.69 Å². The van der Waals surface area contributed by atoms with E-state index in [0.717, 1.165) is 0 Å². The highest BCUT2D eigenvalue weighted by molar-refractivity contribution is 5.85. The Kier molecular flexibility index (Phi) is 4.44. The number of nitro groups is 1. The Balaban J connectivity index is 0.00000200. The molecule has 1 atom stereocenters. The Morgan fingerprint density at radius 3 is 2.75 bits per heavy atom. The van der Waals surface area contributed by atoms with Crippen LogP contribution in [-0.2, 0) is 4.74 Å². The van der Waals surface area contributed by atoms with Crippen LogP contribution in [0.2, 0.25) is 0 Å². The Hall–Kier alpha value is -2.02. The molecule has 0 radical (unpaired) electrons. The molecule has 2 rings (SSSR count). The highest BCUT2D eigenvalue weighted by Gasteiger charge is 2.41. The first-order chi connectivity index (χ1) is 8.81. The molecule has 1 aliphatic heterocycles. The molecule has 0 aliphatic carbocycles. The van der Waals surface area contributed by atoms with Gasteiger partial charge >= 0.3 is 6.09 Å². The first-order valence-electron chi connectivity index (χ1n) is 5.72. The zero-order chi connectivity index (χ0) is 14.2. The number of cyclic esters (lactones) is 1. The lowest BCUT2D eigenvalue weighted by Crippen LogP contribution is -2.47. The second kappa shape index (κ2) is 5.54. The summed E-state index contributed by atoms with van der Waals surface area (Å²) < 4.78 is 4.89. The predicted octanol–water partition coefficient (Wildman–Crippen LogP) is 2.53. The topological polar surface area (TPSA) is 102 Å². The maximum atomic E-state index is 11.3. The van der Waals surface area contributed by atoms with Gasteiger partial charge in [-0.25, -0.2) is 4.79 Å². The van der Waals surface area contributed by atoms with Crippen LogP contribution in [-0.4, -0.2) is 22.7 Å². The van der Waals surface area contributed by atoms with Crippen LogP contribution in [0, 0.1) is 15.5 Å². The molecule has 110 valence electrons. The summed E-state index contributed by atoms with van der Waals surface area (Å²) in [6.07, 6.45) is -0.623. The number of phenols is 1. The van der Waals surface area contributed by atoms with Crippen molar-refractivity contribution in [2.45, 2.75) is 19.9 Å². The molecule has 1 fully saturated rings. The van der Waals surface area contributed by atoms with Gasteiger partial charge in [0.2, 0.25) is 0 Å². The Morgan fingerprint density at radius 2 is 2.15 bits per heavy atom. The second-order valence-corrected chi connectivity index (χ2v) is 5.14. The number of ether oxygens (including phenoxy) is 1. The van der Waals surface area contributed by atoms with Gasteiger partial charge in [0.15, 0.2) is 0 Å². The molecule has 1 amide bonds. The van der Waals surface area contributed by atoms with Gasteiger partial charge in [0.05, 0.1) is 16.5 Å². The van der Waals surface area contributed by atoms with Gasteiger partial charge in [-0.15, -0.1) is 12.4 Å². The van der Waals surface area contributed by atoms with Crippen LogP contribution in [0.5, 0.6) is 5.75 Å². The number of alkyl carbamates (subject to hydrolysis) is 1. The summed E-state index contributed by atoms with van der Waals surface area (Å²) >= 11 is 0. The third kappa shape index (κ3) is 2.93. The Morgan fingerprint density at radius 1 is 1.50 bits per heavy atom. The Labute approximate surface area is 121 Å². The van der Waals surface area contributed by atoms with Gasteiger partial charge in [-0.05, 0) is 12.1 Å². The first kappa shape index (κ1) is 16.0. The summed E-state index contributed by atoms with van der Waals surface area (Å²) in [5.41, 5.74) is -0.392. The van der Waals surface area contributed by atoms with E-state index in [1.165, 1.54) is 18.2 Å². The Bertz CT molecular complexity index is 547. The largest absolute Gasteiger partial charge is 0.508 e. The number of nitrogens with one attached hydrogen (secondary N) is 1. The van der Waals surface area contributed by atoms with Crippen molar-refractivity contribution in [2.24, 2.45) is 5.41 Å². The third-order valence-electron chi connectivity index (χ3n) is 3.14. The standard InChI is InChI=1S/C12H14N2O5.ClH/c1-12(2)6-19-11(16)13-10(12)8-5-7(15)3-4-9(8)14(17)18;/h3-5,10,15H,6H2,1-2H3,(H,13,16);1H/t10-;/m0./s1. The smallest absolute Gasteiger partial charge is 0.407 e. The predicted molar refractivity (Wildman–Crippen MR) is 73.0 cm³/mol. The van der Waals surface area contributed by atoms with Gasteiger partial charge in [-0.3, -0.25) is 10.1 Å². The van der Waals surface area contributed by atoms with E-state index in [-0.39, 0.29) is 36.0 Å². The number of benzene rings is 1. The van der Waals surface area contributed by atoms with Crippen molar-refractivity contribution < 1.29 is 19.6 Å². The van der Waals surface area contributed by atoms with Crippen LogP contribution in [0.1, 0.15) is 25.5 Å². The maximum Gasteiger partial charge on any atom is 0.407 e. The van der Waals surface area contributed by atoms with Gasteiger partial charge in [0, 0.05) is 11.5 Å². The van der Waals surface area contributed by atoms with Crippen LogP contribution in [0.3, 0.4) is 0 Å². The number of hydrogen-bond donors (Lipinski definition) is 2. The lowest BCUT2D eigenvalue weighted by atomic mass is 9.80. The van der Waals surface area contributed by atoms with Gasteiger partial charge in [-0.1, -0.05) is 13.8 Å². The lowest BCUT2D eigenvalue weighted by molar-refractivity contribution is -0.386. The number of rotatable bonds is 2. The normalized spacial score (nSPS) is 20.3. The van der Waals surface area contributed by atoms with Crippen molar-refractivity contribution in [3.8, 4) is 5.75 Å². The van der Waals surface area contributed by atoms with Crippen molar-refractivity contribution in [3.05, 3.63) is 33.9 Å². The number of hydrogen-bond acceptors (Lipinski definition) is 5. The molecule has 1 aromatic carbocycles. The minimum Gasteiger partial charge on any atom is -0.508 e. The lowest BCUT2D eigenvalue weighted by Gasteiger charge is -2.38. The van der Waals surface area contributed by atoms with Crippen molar-refractivity contribution >= 4 is 24.2 Å². The summed E-state index contributed by atoms with van der Waals surface area (Å²) in [5.74, 6) is -0.0860. The van der Waals surface area contributed by atoms with E-state index >= 15 is 0 Å². The van der Waals surface area contributed by atoms with Crippen molar-refractivity contribution in [1.29, 1.82) is 0 Å². The first-order valence-corrected chi connectivity index (χ1v) is 5.72. The van der Waals surface area contributed by atoms with Gasteiger partial charge < -0.3 is 15.2 Å². The third-order valence-corrected chi connectivity index (χ3v) is 3.14. The van der Waals surface area contributed by atoms with Crippen LogP contribution in [0.4, 0.5) is 10.5 Å². The number of nitrogens with zero attached hydrogens (tertiary/aromatic N) is 1. The van der Waals surface area contributed by atoms with Crippen molar-refractivity contribution in [1.82, 2.24) is 5.32 Å². The molecular formula is C12H15ClN2O5. The minimum atomic E-state index is -0.623. The monoisotopic (exact) mass is 302 g/mol. The number of carbonyl (C=O) groups excluding carboxylic acids is 1. The average Bonchev–Trinajstić information content (AvgIpc) is 2.32. The van der Waals surface area contributed by atoms with E-state index in [1.807, 2.05) is 13.8 Å². The fraction of sp³-hybridized carbons (Fsp3) is 0.417. The fourth-order valence-corrected chi connectivity index (χ4v) is 2.13. The number of nitro benzene ring substituents is 1. The minimum absolute atomic E-state index is 0. The number of halogens is 1. The van der Waals surface area contributed by atoms with Crippen molar-refractivity contribution in [3.63, 3.8) is 0 Å².